The molecule has 1 atom stereocenters. The van der Waals surface area contributed by atoms with Crippen molar-refractivity contribution < 1.29 is 4.74 Å². The Hall–Kier alpha value is -1.50. The summed E-state index contributed by atoms with van der Waals surface area (Å²) in [4.78, 5) is 1.06. The zero-order chi connectivity index (χ0) is 14.1. The van der Waals surface area contributed by atoms with E-state index in [0.29, 0.717) is 5.92 Å². The van der Waals surface area contributed by atoms with Crippen molar-refractivity contribution in [2.75, 3.05) is 6.61 Å². The van der Waals surface area contributed by atoms with Crippen molar-refractivity contribution in [2.24, 2.45) is 5.84 Å². The van der Waals surface area contributed by atoms with E-state index in [2.05, 4.69) is 47.1 Å². The van der Waals surface area contributed by atoms with Gasteiger partial charge in [-0.3, -0.25) is 5.84 Å². The first-order valence-corrected chi connectivity index (χ1v) is 7.52. The van der Waals surface area contributed by atoms with Crippen LogP contribution < -0.4 is 16.0 Å². The van der Waals surface area contributed by atoms with Gasteiger partial charge in [0.15, 0.2) is 0 Å². The third kappa shape index (κ3) is 2.19. The highest BCUT2D eigenvalue weighted by Gasteiger charge is 2.27. The number of aromatic nitrogens is 2. The molecule has 0 saturated carbocycles. The molecule has 5 nitrogen and oxygen atoms in total. The van der Waals surface area contributed by atoms with E-state index in [1.54, 1.807) is 0 Å². The Bertz CT molecular complexity index is 611. The van der Waals surface area contributed by atoms with Gasteiger partial charge in [-0.2, -0.15) is 0 Å². The minimum atomic E-state index is -0.125. The lowest BCUT2D eigenvalue weighted by Crippen LogP contribution is -2.29. The summed E-state index contributed by atoms with van der Waals surface area (Å²) in [5.41, 5.74) is 6.20. The highest BCUT2D eigenvalue weighted by Crippen LogP contribution is 2.38. The summed E-state index contributed by atoms with van der Waals surface area (Å²) in [5, 5.41) is 4.24. The van der Waals surface area contributed by atoms with Crippen molar-refractivity contribution in [3.05, 3.63) is 39.9 Å². The van der Waals surface area contributed by atoms with Crippen molar-refractivity contribution in [2.45, 2.75) is 32.2 Å². The van der Waals surface area contributed by atoms with Crippen LogP contribution in [0.1, 0.15) is 47.5 Å². The number of para-hydroxylation sites is 1. The monoisotopic (exact) mass is 290 g/mol. The molecule has 2 heterocycles. The molecule has 1 aliphatic rings. The summed E-state index contributed by atoms with van der Waals surface area (Å²) < 4.78 is 9.87. The Kier molecular flexibility index (Phi) is 3.69. The molecule has 0 amide bonds. The number of ether oxygens (including phenoxy) is 1. The van der Waals surface area contributed by atoms with Gasteiger partial charge in [-0.1, -0.05) is 36.5 Å². The van der Waals surface area contributed by atoms with Crippen molar-refractivity contribution >= 4 is 11.5 Å². The van der Waals surface area contributed by atoms with Gasteiger partial charge in [0.2, 0.25) is 0 Å². The summed E-state index contributed by atoms with van der Waals surface area (Å²) in [6.45, 7) is 4.96. The molecule has 0 saturated heterocycles. The minimum absolute atomic E-state index is 0.125. The average molecular weight is 290 g/mol. The van der Waals surface area contributed by atoms with Gasteiger partial charge in [-0.25, -0.2) is 5.43 Å². The van der Waals surface area contributed by atoms with Crippen molar-refractivity contribution in [1.29, 1.82) is 0 Å². The number of rotatable bonds is 4. The molecule has 106 valence electrons. The standard InChI is InChI=1S/C14H18N4OS/c1-8(2)11-14(20-18-17-11)12(16-15)10-5-3-4-9-6-7-19-13(9)10/h3-5,8,12,16H,6-7,15H2,1-2H3. The predicted molar refractivity (Wildman–Crippen MR) is 78.8 cm³/mol. The lowest BCUT2D eigenvalue weighted by molar-refractivity contribution is 0.350. The fourth-order valence-corrected chi connectivity index (χ4v) is 3.47. The Morgan fingerprint density at radius 3 is 3.00 bits per heavy atom. The van der Waals surface area contributed by atoms with E-state index in [1.807, 2.05) is 0 Å². The van der Waals surface area contributed by atoms with Crippen LogP contribution >= 0.6 is 11.5 Å². The second-order valence-electron chi connectivity index (χ2n) is 5.21. The number of hydrogen-bond donors (Lipinski definition) is 2. The number of nitrogens with one attached hydrogen (secondary N) is 1. The van der Waals surface area contributed by atoms with E-state index in [0.717, 1.165) is 34.9 Å². The first-order chi connectivity index (χ1) is 9.72. The van der Waals surface area contributed by atoms with Crippen LogP contribution in [0.2, 0.25) is 0 Å². The Morgan fingerprint density at radius 1 is 1.40 bits per heavy atom. The molecular weight excluding hydrogens is 272 g/mol. The quantitative estimate of drug-likeness (QED) is 0.667. The number of fused-ring (bicyclic) bond motifs is 1. The molecule has 1 aliphatic heterocycles. The maximum atomic E-state index is 5.80. The lowest BCUT2D eigenvalue weighted by Gasteiger charge is -2.19. The highest BCUT2D eigenvalue weighted by molar-refractivity contribution is 7.05. The first-order valence-electron chi connectivity index (χ1n) is 6.75. The van der Waals surface area contributed by atoms with Crippen molar-refractivity contribution in [1.82, 2.24) is 15.0 Å². The van der Waals surface area contributed by atoms with E-state index in [9.17, 15) is 0 Å². The average Bonchev–Trinajstić information content (AvgIpc) is 3.08. The van der Waals surface area contributed by atoms with Gasteiger partial charge >= 0.3 is 0 Å². The molecule has 1 unspecified atom stereocenters. The summed E-state index contributed by atoms with van der Waals surface area (Å²) >= 11 is 1.39. The SMILES string of the molecule is CC(C)c1nnsc1C(NN)c1cccc2c1OCC2. The van der Waals surface area contributed by atoms with Crippen molar-refractivity contribution in [3.63, 3.8) is 0 Å². The topological polar surface area (TPSA) is 73.1 Å². The van der Waals surface area contributed by atoms with Crippen LogP contribution in [0.25, 0.3) is 0 Å². The van der Waals surface area contributed by atoms with Crippen LogP contribution in [0.4, 0.5) is 0 Å². The van der Waals surface area contributed by atoms with Gasteiger partial charge in [0, 0.05) is 12.0 Å². The maximum absolute atomic E-state index is 5.80. The molecular formula is C14H18N4OS. The fourth-order valence-electron chi connectivity index (χ4n) is 2.58. The zero-order valence-electron chi connectivity index (χ0n) is 11.6. The molecule has 1 aromatic carbocycles. The van der Waals surface area contributed by atoms with Gasteiger partial charge in [-0.05, 0) is 23.0 Å². The number of benzene rings is 1. The van der Waals surface area contributed by atoms with Crippen LogP contribution in [-0.2, 0) is 6.42 Å². The van der Waals surface area contributed by atoms with Crippen LogP contribution in [-0.4, -0.2) is 16.2 Å². The normalized spacial score (nSPS) is 15.2. The number of hydrogen-bond acceptors (Lipinski definition) is 6. The van der Waals surface area contributed by atoms with Gasteiger partial charge in [0.1, 0.15) is 5.75 Å². The van der Waals surface area contributed by atoms with E-state index < -0.39 is 0 Å². The number of nitrogens with zero attached hydrogens (tertiary/aromatic N) is 2. The molecule has 3 rings (SSSR count). The van der Waals surface area contributed by atoms with Crippen LogP contribution in [0, 0.1) is 0 Å². The number of hydrazine groups is 1. The first kappa shape index (κ1) is 13.5. The Labute approximate surface area is 122 Å². The molecule has 0 spiro atoms. The lowest BCUT2D eigenvalue weighted by atomic mass is 9.98. The van der Waals surface area contributed by atoms with Gasteiger partial charge in [0.05, 0.1) is 23.2 Å². The minimum Gasteiger partial charge on any atom is -0.493 e. The largest absolute Gasteiger partial charge is 0.493 e. The highest BCUT2D eigenvalue weighted by atomic mass is 32.1. The van der Waals surface area contributed by atoms with E-state index in [1.165, 1.54) is 17.1 Å². The molecule has 20 heavy (non-hydrogen) atoms. The second kappa shape index (κ2) is 5.47. The summed E-state index contributed by atoms with van der Waals surface area (Å²) in [6, 6.07) is 6.09. The Balaban J connectivity index is 2.07. The third-order valence-corrected chi connectivity index (χ3v) is 4.38. The van der Waals surface area contributed by atoms with Crippen LogP contribution in [0.5, 0.6) is 5.75 Å². The van der Waals surface area contributed by atoms with E-state index in [-0.39, 0.29) is 6.04 Å². The van der Waals surface area contributed by atoms with Crippen LogP contribution in [0.3, 0.4) is 0 Å². The van der Waals surface area contributed by atoms with Gasteiger partial charge < -0.3 is 4.74 Å². The number of nitrogens with two attached hydrogens (primary N) is 1. The zero-order valence-corrected chi connectivity index (χ0v) is 12.4. The molecule has 0 fully saturated rings. The molecule has 6 heteroatoms. The summed E-state index contributed by atoms with van der Waals surface area (Å²) in [7, 11) is 0. The third-order valence-electron chi connectivity index (χ3n) is 3.57. The molecule has 0 bridgehead atoms. The maximum Gasteiger partial charge on any atom is 0.127 e. The fraction of sp³-hybridized carbons (Fsp3) is 0.429. The summed E-state index contributed by atoms with van der Waals surface area (Å²) in [5.74, 6) is 7.08. The smallest absolute Gasteiger partial charge is 0.127 e. The molecule has 3 N–H and O–H groups in total. The van der Waals surface area contributed by atoms with Crippen LogP contribution in [0.15, 0.2) is 18.2 Å². The van der Waals surface area contributed by atoms with Crippen molar-refractivity contribution in [3.8, 4) is 5.75 Å². The molecule has 0 radical (unpaired) electrons. The van der Waals surface area contributed by atoms with Gasteiger partial charge in [0.25, 0.3) is 0 Å². The van der Waals surface area contributed by atoms with E-state index >= 15 is 0 Å². The molecule has 0 aliphatic carbocycles. The summed E-state index contributed by atoms with van der Waals surface area (Å²) in [6.07, 6.45) is 0.957. The van der Waals surface area contributed by atoms with E-state index in [4.69, 9.17) is 10.6 Å². The van der Waals surface area contributed by atoms with Gasteiger partial charge in [-0.15, -0.1) is 5.10 Å². The second-order valence-corrected chi connectivity index (χ2v) is 6.00. The Morgan fingerprint density at radius 2 is 2.25 bits per heavy atom. The predicted octanol–water partition coefficient (Wildman–Crippen LogP) is 2.15. The molecule has 1 aromatic heterocycles. The molecule has 2 aromatic rings.